The Morgan fingerprint density at radius 3 is 2.95 bits per heavy atom. The van der Waals surface area contributed by atoms with Crippen LogP contribution < -0.4 is 11.1 Å². The Balaban J connectivity index is 1.72. The number of nitrogens with one attached hydrogen (secondary N) is 1. The van der Waals surface area contributed by atoms with Gasteiger partial charge in [0, 0.05) is 19.5 Å². The average Bonchev–Trinajstić information content (AvgIpc) is 2.44. The number of nitrogens with two attached hydrogens (primary N) is 1. The molecule has 0 saturated carbocycles. The molecule has 1 aliphatic heterocycles. The van der Waals surface area contributed by atoms with Crippen LogP contribution in [-0.2, 0) is 4.79 Å². The molecule has 0 atom stereocenters. The SMILES string of the molecule is CC1=CCN(CCCC(=O)Nc2ccc(F)cc2N)CC1. The van der Waals surface area contributed by atoms with Crippen molar-refractivity contribution in [3.8, 4) is 0 Å². The molecule has 1 aromatic rings. The number of benzene rings is 1. The lowest BCUT2D eigenvalue weighted by Gasteiger charge is -2.24. The molecule has 2 rings (SSSR count). The predicted molar refractivity (Wildman–Crippen MR) is 83.5 cm³/mol. The van der Waals surface area contributed by atoms with Crippen molar-refractivity contribution >= 4 is 17.3 Å². The minimum atomic E-state index is -0.404. The van der Waals surface area contributed by atoms with E-state index in [1.54, 1.807) is 0 Å². The normalized spacial score (nSPS) is 15.6. The molecule has 3 N–H and O–H groups in total. The molecule has 0 aromatic heterocycles. The summed E-state index contributed by atoms with van der Waals surface area (Å²) in [5.41, 5.74) is 7.82. The number of hydrogen-bond donors (Lipinski definition) is 2. The fraction of sp³-hybridized carbons (Fsp3) is 0.438. The van der Waals surface area contributed by atoms with Crippen molar-refractivity contribution < 1.29 is 9.18 Å². The van der Waals surface area contributed by atoms with Crippen LogP contribution in [0.4, 0.5) is 15.8 Å². The van der Waals surface area contributed by atoms with Gasteiger partial charge in [0.15, 0.2) is 0 Å². The smallest absolute Gasteiger partial charge is 0.224 e. The Morgan fingerprint density at radius 2 is 2.29 bits per heavy atom. The third-order valence-electron chi connectivity index (χ3n) is 3.69. The van der Waals surface area contributed by atoms with Crippen LogP contribution in [0.25, 0.3) is 0 Å². The minimum absolute atomic E-state index is 0.0861. The summed E-state index contributed by atoms with van der Waals surface area (Å²) >= 11 is 0. The van der Waals surface area contributed by atoms with Crippen LogP contribution in [0, 0.1) is 5.82 Å². The molecule has 1 heterocycles. The maximum atomic E-state index is 12.9. The Bertz CT molecular complexity index is 542. The third-order valence-corrected chi connectivity index (χ3v) is 3.69. The lowest BCUT2D eigenvalue weighted by atomic mass is 10.1. The Labute approximate surface area is 124 Å². The lowest BCUT2D eigenvalue weighted by molar-refractivity contribution is -0.116. The second kappa shape index (κ2) is 7.22. The number of nitrogens with zero attached hydrogens (tertiary/aromatic N) is 1. The second-order valence-electron chi connectivity index (χ2n) is 5.48. The van der Waals surface area contributed by atoms with Crippen molar-refractivity contribution in [2.45, 2.75) is 26.2 Å². The minimum Gasteiger partial charge on any atom is -0.397 e. The van der Waals surface area contributed by atoms with Gasteiger partial charge in [-0.05, 0) is 44.5 Å². The molecule has 0 bridgehead atoms. The van der Waals surface area contributed by atoms with E-state index in [-0.39, 0.29) is 11.6 Å². The standard InChI is InChI=1S/C16H22FN3O/c1-12-6-9-20(10-7-12)8-2-3-16(21)19-15-5-4-13(17)11-14(15)18/h4-6,11H,2-3,7-10,18H2,1H3,(H,19,21). The number of halogens is 1. The van der Waals surface area contributed by atoms with Crippen LogP contribution in [0.15, 0.2) is 29.8 Å². The number of anilines is 2. The third kappa shape index (κ3) is 4.86. The van der Waals surface area contributed by atoms with Crippen LogP contribution in [-0.4, -0.2) is 30.4 Å². The van der Waals surface area contributed by atoms with Gasteiger partial charge in [0.2, 0.25) is 5.91 Å². The van der Waals surface area contributed by atoms with Gasteiger partial charge >= 0.3 is 0 Å². The first-order chi connectivity index (χ1) is 10.0. The molecule has 0 spiro atoms. The summed E-state index contributed by atoms with van der Waals surface area (Å²) in [6.07, 6.45) is 4.59. The van der Waals surface area contributed by atoms with Crippen molar-refractivity contribution in [2.75, 3.05) is 30.7 Å². The van der Waals surface area contributed by atoms with E-state index in [0.29, 0.717) is 12.1 Å². The second-order valence-corrected chi connectivity index (χ2v) is 5.48. The van der Waals surface area contributed by atoms with Crippen LogP contribution in [0.5, 0.6) is 0 Å². The maximum Gasteiger partial charge on any atom is 0.224 e. The first-order valence-corrected chi connectivity index (χ1v) is 7.27. The summed E-state index contributed by atoms with van der Waals surface area (Å²) in [7, 11) is 0. The highest BCUT2D eigenvalue weighted by Crippen LogP contribution is 2.19. The Hall–Kier alpha value is -1.88. The molecule has 21 heavy (non-hydrogen) atoms. The van der Waals surface area contributed by atoms with Gasteiger partial charge in [0.25, 0.3) is 0 Å². The average molecular weight is 291 g/mol. The summed E-state index contributed by atoms with van der Waals surface area (Å²) < 4.78 is 12.9. The highest BCUT2D eigenvalue weighted by atomic mass is 19.1. The predicted octanol–water partition coefficient (Wildman–Crippen LogP) is 2.78. The van der Waals surface area contributed by atoms with Gasteiger partial charge in [-0.1, -0.05) is 11.6 Å². The zero-order valence-electron chi connectivity index (χ0n) is 12.4. The van der Waals surface area contributed by atoms with E-state index in [1.807, 2.05) is 0 Å². The van der Waals surface area contributed by atoms with Crippen LogP contribution >= 0.6 is 0 Å². The highest BCUT2D eigenvalue weighted by Gasteiger charge is 2.10. The molecule has 0 saturated heterocycles. The van der Waals surface area contributed by atoms with Crippen molar-refractivity contribution in [3.05, 3.63) is 35.7 Å². The lowest BCUT2D eigenvalue weighted by Crippen LogP contribution is -2.30. The molecule has 1 amide bonds. The van der Waals surface area contributed by atoms with Crippen LogP contribution in [0.2, 0.25) is 0 Å². The monoisotopic (exact) mass is 291 g/mol. The van der Waals surface area contributed by atoms with E-state index in [0.717, 1.165) is 32.5 Å². The number of rotatable bonds is 5. The van der Waals surface area contributed by atoms with Gasteiger partial charge in [-0.2, -0.15) is 0 Å². The molecular formula is C16H22FN3O. The van der Waals surface area contributed by atoms with E-state index in [2.05, 4.69) is 23.2 Å². The topological polar surface area (TPSA) is 58.4 Å². The Morgan fingerprint density at radius 1 is 1.48 bits per heavy atom. The molecule has 0 unspecified atom stereocenters. The number of carbonyl (C=O) groups is 1. The van der Waals surface area contributed by atoms with Gasteiger partial charge in [-0.25, -0.2) is 4.39 Å². The van der Waals surface area contributed by atoms with E-state index >= 15 is 0 Å². The number of nitrogen functional groups attached to an aromatic ring is 1. The largest absolute Gasteiger partial charge is 0.397 e. The van der Waals surface area contributed by atoms with Crippen LogP contribution in [0.3, 0.4) is 0 Å². The molecule has 5 heteroatoms. The fourth-order valence-electron chi connectivity index (χ4n) is 2.34. The van der Waals surface area contributed by atoms with E-state index < -0.39 is 5.82 Å². The summed E-state index contributed by atoms with van der Waals surface area (Å²) in [6, 6.07) is 3.98. The van der Waals surface area contributed by atoms with Gasteiger partial charge in [-0.3, -0.25) is 9.69 Å². The van der Waals surface area contributed by atoms with Crippen molar-refractivity contribution in [3.63, 3.8) is 0 Å². The molecule has 0 radical (unpaired) electrons. The van der Waals surface area contributed by atoms with E-state index in [9.17, 15) is 9.18 Å². The molecular weight excluding hydrogens is 269 g/mol. The molecule has 114 valence electrons. The first-order valence-electron chi connectivity index (χ1n) is 7.27. The Kier molecular flexibility index (Phi) is 5.33. The molecule has 4 nitrogen and oxygen atoms in total. The first kappa shape index (κ1) is 15.5. The van der Waals surface area contributed by atoms with Gasteiger partial charge < -0.3 is 11.1 Å². The molecule has 0 aliphatic carbocycles. The summed E-state index contributed by atoms with van der Waals surface area (Å²) in [5.74, 6) is -0.490. The zero-order valence-corrected chi connectivity index (χ0v) is 12.4. The maximum absolute atomic E-state index is 12.9. The van der Waals surface area contributed by atoms with Crippen LogP contribution in [0.1, 0.15) is 26.2 Å². The van der Waals surface area contributed by atoms with Gasteiger partial charge in [0.05, 0.1) is 11.4 Å². The van der Waals surface area contributed by atoms with Gasteiger partial charge in [-0.15, -0.1) is 0 Å². The highest BCUT2D eigenvalue weighted by molar-refractivity contribution is 5.93. The number of carbonyl (C=O) groups excluding carboxylic acids is 1. The van der Waals surface area contributed by atoms with Crippen molar-refractivity contribution in [1.82, 2.24) is 4.90 Å². The molecule has 0 fully saturated rings. The van der Waals surface area contributed by atoms with E-state index in [4.69, 9.17) is 5.73 Å². The number of hydrogen-bond acceptors (Lipinski definition) is 3. The quantitative estimate of drug-likeness (QED) is 0.648. The summed E-state index contributed by atoms with van der Waals surface area (Å²) in [4.78, 5) is 14.2. The number of amides is 1. The zero-order chi connectivity index (χ0) is 15.2. The summed E-state index contributed by atoms with van der Waals surface area (Å²) in [6.45, 7) is 5.10. The molecule has 1 aromatic carbocycles. The molecule has 1 aliphatic rings. The van der Waals surface area contributed by atoms with E-state index in [1.165, 1.54) is 23.8 Å². The fourth-order valence-corrected chi connectivity index (χ4v) is 2.34. The van der Waals surface area contributed by atoms with Crippen molar-refractivity contribution in [1.29, 1.82) is 0 Å². The van der Waals surface area contributed by atoms with Crippen molar-refractivity contribution in [2.24, 2.45) is 0 Å². The summed E-state index contributed by atoms with van der Waals surface area (Å²) in [5, 5.41) is 2.72. The van der Waals surface area contributed by atoms with Gasteiger partial charge in [0.1, 0.15) is 5.82 Å².